The summed E-state index contributed by atoms with van der Waals surface area (Å²) in [4.78, 5) is 13.1. The van der Waals surface area contributed by atoms with Crippen molar-refractivity contribution >= 4 is 16.1 Å². The van der Waals surface area contributed by atoms with E-state index in [1.807, 2.05) is 0 Å². The Morgan fingerprint density at radius 3 is 1.66 bits per heavy atom. The summed E-state index contributed by atoms with van der Waals surface area (Å²) >= 11 is 0. The van der Waals surface area contributed by atoms with E-state index in [4.69, 9.17) is 9.29 Å². The first-order valence-corrected chi connectivity index (χ1v) is 12.6. The molecule has 5 N–H and O–H groups in total. The molecule has 0 bridgehead atoms. The summed E-state index contributed by atoms with van der Waals surface area (Å²) in [6.07, 6.45) is -13.1. The summed E-state index contributed by atoms with van der Waals surface area (Å²) in [6, 6.07) is 7.72. The molecule has 0 aliphatic carbocycles. The molecule has 1 heterocycles. The SMILES string of the molecule is O=C(OC(CS(=O)(=O)O)(C(F)(F)F)C(F)(F)F)c1ccccc1C1c2cc(O)c(O)cc2Oc2cc(O)c(O)cc21. The summed E-state index contributed by atoms with van der Waals surface area (Å²) in [7, 11) is -6.04. The fourth-order valence-electron chi connectivity index (χ4n) is 4.27. The van der Waals surface area contributed by atoms with Gasteiger partial charge < -0.3 is 29.9 Å². The van der Waals surface area contributed by atoms with Crippen molar-refractivity contribution in [2.24, 2.45) is 0 Å². The van der Waals surface area contributed by atoms with Crippen molar-refractivity contribution in [1.29, 1.82) is 0 Å². The van der Waals surface area contributed by atoms with Gasteiger partial charge in [-0.05, 0) is 23.8 Å². The first-order chi connectivity index (χ1) is 18.8. The Bertz CT molecular complexity index is 1580. The number of ether oxygens (including phenoxy) is 2. The third-order valence-electron chi connectivity index (χ3n) is 6.12. The van der Waals surface area contributed by atoms with Crippen LogP contribution in [-0.2, 0) is 14.9 Å². The lowest BCUT2D eigenvalue weighted by Gasteiger charge is -2.36. The van der Waals surface area contributed by atoms with Gasteiger partial charge in [0.1, 0.15) is 17.3 Å². The highest BCUT2D eigenvalue weighted by Crippen LogP contribution is 2.53. The molecule has 0 aromatic heterocycles. The second kappa shape index (κ2) is 9.62. The average molecular weight is 610 g/mol. The molecule has 3 aromatic rings. The fraction of sp³-hybridized carbons (Fsp3) is 0.208. The van der Waals surface area contributed by atoms with E-state index in [0.29, 0.717) is 0 Å². The van der Waals surface area contributed by atoms with E-state index in [1.165, 1.54) is 6.07 Å². The number of phenolic OH excluding ortho intramolecular Hbond substituents is 4. The molecule has 0 saturated carbocycles. The average Bonchev–Trinajstić information content (AvgIpc) is 2.82. The minimum absolute atomic E-state index is 0.103. The van der Waals surface area contributed by atoms with Crippen molar-refractivity contribution in [3.8, 4) is 34.5 Å². The van der Waals surface area contributed by atoms with Crippen LogP contribution in [0.1, 0.15) is 33.0 Å². The van der Waals surface area contributed by atoms with Gasteiger partial charge in [0.15, 0.2) is 23.0 Å². The van der Waals surface area contributed by atoms with Crippen molar-refractivity contribution in [2.75, 3.05) is 5.75 Å². The van der Waals surface area contributed by atoms with Gasteiger partial charge in [-0.2, -0.15) is 34.8 Å². The van der Waals surface area contributed by atoms with Gasteiger partial charge in [0.05, 0.1) is 5.56 Å². The van der Waals surface area contributed by atoms with Gasteiger partial charge in [0, 0.05) is 29.2 Å². The minimum Gasteiger partial charge on any atom is -0.504 e. The summed E-state index contributed by atoms with van der Waals surface area (Å²) in [5, 5.41) is 40.0. The number of carbonyl (C=O) groups excluding carboxylic acids is 1. The summed E-state index contributed by atoms with van der Waals surface area (Å²) in [5.74, 6) is -10.2. The van der Waals surface area contributed by atoms with E-state index < -0.39 is 74.3 Å². The maximum atomic E-state index is 13.8. The lowest BCUT2D eigenvalue weighted by molar-refractivity contribution is -0.356. The zero-order chi connectivity index (χ0) is 30.7. The number of esters is 1. The van der Waals surface area contributed by atoms with Crippen LogP contribution in [0.2, 0.25) is 0 Å². The normalized spacial score (nSPS) is 14.1. The third kappa shape index (κ3) is 5.24. The number of rotatable bonds is 5. The summed E-state index contributed by atoms with van der Waals surface area (Å²) in [5.41, 5.74) is -7.23. The maximum absolute atomic E-state index is 13.8. The highest BCUT2D eigenvalue weighted by Gasteiger charge is 2.76. The van der Waals surface area contributed by atoms with Gasteiger partial charge in [-0.1, -0.05) is 18.2 Å². The van der Waals surface area contributed by atoms with Crippen molar-refractivity contribution < 1.29 is 74.0 Å². The molecule has 17 heteroatoms. The van der Waals surface area contributed by atoms with Crippen LogP contribution in [0.4, 0.5) is 26.3 Å². The molecular formula is C24H16F6O10S. The van der Waals surface area contributed by atoms with Crippen LogP contribution in [0, 0.1) is 0 Å². The van der Waals surface area contributed by atoms with Crippen molar-refractivity contribution in [1.82, 2.24) is 0 Å². The highest BCUT2D eigenvalue weighted by atomic mass is 32.2. The van der Waals surface area contributed by atoms with Crippen LogP contribution in [0.3, 0.4) is 0 Å². The van der Waals surface area contributed by atoms with Crippen LogP contribution >= 0.6 is 0 Å². The molecule has 220 valence electrons. The Balaban J connectivity index is 1.95. The van der Waals surface area contributed by atoms with Crippen LogP contribution in [0.5, 0.6) is 34.5 Å². The van der Waals surface area contributed by atoms with E-state index in [2.05, 4.69) is 4.74 Å². The van der Waals surface area contributed by atoms with Gasteiger partial charge in [-0.3, -0.25) is 4.55 Å². The summed E-state index contributed by atoms with van der Waals surface area (Å²) < 4.78 is 124. The van der Waals surface area contributed by atoms with Crippen molar-refractivity contribution in [2.45, 2.75) is 23.9 Å². The summed E-state index contributed by atoms with van der Waals surface area (Å²) in [6.45, 7) is 0. The van der Waals surface area contributed by atoms with Gasteiger partial charge in [0.2, 0.25) is 0 Å². The largest absolute Gasteiger partial charge is 0.504 e. The number of halogens is 6. The topological polar surface area (TPSA) is 171 Å². The molecule has 0 radical (unpaired) electrons. The van der Waals surface area contributed by atoms with E-state index in [1.54, 1.807) is 0 Å². The standard InChI is InChI=1S/C24H16F6O10S/c25-23(26,27)22(24(28,29)30,9-41(36,37)38)40-21(35)11-4-2-1-3-10(11)20-12-5-14(31)16(33)7-18(12)39-19-8-17(34)15(32)6-13(19)20/h1-8,20,31-34H,9H2,(H,36,37,38). The van der Waals surface area contributed by atoms with Crippen LogP contribution in [0.15, 0.2) is 48.5 Å². The first kappa shape index (κ1) is 29.6. The number of benzene rings is 3. The molecule has 1 aliphatic rings. The zero-order valence-electron chi connectivity index (χ0n) is 19.9. The van der Waals surface area contributed by atoms with Crippen molar-refractivity contribution in [3.05, 3.63) is 70.8 Å². The van der Waals surface area contributed by atoms with Crippen LogP contribution < -0.4 is 4.74 Å². The Labute approximate surface area is 225 Å². The van der Waals surface area contributed by atoms with Gasteiger partial charge in [-0.15, -0.1) is 0 Å². The maximum Gasteiger partial charge on any atom is 0.438 e. The molecular weight excluding hydrogens is 594 g/mol. The van der Waals surface area contributed by atoms with E-state index >= 15 is 0 Å². The predicted molar refractivity (Wildman–Crippen MR) is 124 cm³/mol. The van der Waals surface area contributed by atoms with Gasteiger partial charge >= 0.3 is 23.9 Å². The van der Waals surface area contributed by atoms with Crippen LogP contribution in [0.25, 0.3) is 0 Å². The molecule has 3 aromatic carbocycles. The number of phenols is 4. The monoisotopic (exact) mass is 610 g/mol. The quantitative estimate of drug-likeness (QED) is 0.0923. The minimum atomic E-state index is -6.57. The third-order valence-corrected chi connectivity index (χ3v) is 6.89. The lowest BCUT2D eigenvalue weighted by Crippen LogP contribution is -2.63. The first-order valence-electron chi connectivity index (χ1n) is 11.0. The van der Waals surface area contributed by atoms with E-state index in [0.717, 1.165) is 42.5 Å². The van der Waals surface area contributed by atoms with Crippen LogP contribution in [-0.4, -0.2) is 63.1 Å². The molecule has 0 fully saturated rings. The van der Waals surface area contributed by atoms with E-state index in [-0.39, 0.29) is 28.2 Å². The molecule has 0 saturated heterocycles. The second-order valence-electron chi connectivity index (χ2n) is 8.82. The zero-order valence-corrected chi connectivity index (χ0v) is 20.7. The molecule has 4 rings (SSSR count). The molecule has 0 atom stereocenters. The second-order valence-corrected chi connectivity index (χ2v) is 10.3. The number of aromatic hydroxyl groups is 4. The number of hydrogen-bond donors (Lipinski definition) is 5. The van der Waals surface area contributed by atoms with Crippen molar-refractivity contribution in [3.63, 3.8) is 0 Å². The molecule has 41 heavy (non-hydrogen) atoms. The number of fused-ring (bicyclic) bond motifs is 2. The Kier molecular flexibility index (Phi) is 6.94. The van der Waals surface area contributed by atoms with Gasteiger partial charge in [0.25, 0.3) is 10.1 Å². The lowest BCUT2D eigenvalue weighted by atomic mass is 9.80. The Hall–Kier alpha value is -4.38. The molecule has 0 unspecified atom stereocenters. The smallest absolute Gasteiger partial charge is 0.438 e. The molecule has 0 amide bonds. The fourth-order valence-corrected chi connectivity index (χ4v) is 5.17. The Morgan fingerprint density at radius 2 is 1.22 bits per heavy atom. The molecule has 0 spiro atoms. The van der Waals surface area contributed by atoms with E-state index in [9.17, 15) is 60.0 Å². The van der Waals surface area contributed by atoms with Gasteiger partial charge in [-0.25, -0.2) is 4.79 Å². The number of hydrogen-bond acceptors (Lipinski definition) is 9. The highest BCUT2D eigenvalue weighted by molar-refractivity contribution is 7.85. The Morgan fingerprint density at radius 1 is 0.780 bits per heavy atom. The number of alkyl halides is 6. The number of carbonyl (C=O) groups is 1. The molecule has 10 nitrogen and oxygen atoms in total. The predicted octanol–water partition coefficient (Wildman–Crippen LogP) is 4.70. The molecule has 1 aliphatic heterocycles.